The average Bonchev–Trinajstić information content (AvgIpc) is 3.02. The van der Waals surface area contributed by atoms with E-state index in [9.17, 15) is 0 Å². The Labute approximate surface area is 98.9 Å². The van der Waals surface area contributed by atoms with Crippen LogP contribution in [0.1, 0.15) is 47.7 Å². The second kappa shape index (κ2) is 4.44. The third-order valence-corrected chi connectivity index (χ3v) is 5.54. The zero-order chi connectivity index (χ0) is 10.1. The molecule has 0 aliphatic carbocycles. The number of rotatable bonds is 2. The van der Waals surface area contributed by atoms with Crippen molar-refractivity contribution in [2.24, 2.45) is 0 Å². The molecule has 2 atom stereocenters. The first-order chi connectivity index (χ1) is 7.43. The Kier molecular flexibility index (Phi) is 2.99. The van der Waals surface area contributed by atoms with E-state index in [1.54, 1.807) is 0 Å². The van der Waals surface area contributed by atoms with Crippen LogP contribution in [-0.2, 0) is 0 Å². The van der Waals surface area contributed by atoms with Crippen LogP contribution in [0.2, 0.25) is 0 Å². The summed E-state index contributed by atoms with van der Waals surface area (Å²) < 4.78 is 0. The molecule has 3 heterocycles. The normalized spacial score (nSPS) is 31.2. The van der Waals surface area contributed by atoms with Crippen molar-refractivity contribution in [3.05, 3.63) is 16.1 Å². The van der Waals surface area contributed by atoms with Crippen LogP contribution in [0.15, 0.2) is 5.38 Å². The van der Waals surface area contributed by atoms with Crippen LogP contribution < -0.4 is 5.32 Å². The van der Waals surface area contributed by atoms with Crippen LogP contribution in [0.3, 0.4) is 0 Å². The Morgan fingerprint density at radius 3 is 3.07 bits per heavy atom. The summed E-state index contributed by atoms with van der Waals surface area (Å²) in [5.74, 6) is 1.32. The predicted molar refractivity (Wildman–Crippen MR) is 66.5 cm³/mol. The lowest BCUT2D eigenvalue weighted by molar-refractivity contribution is 0.639. The topological polar surface area (TPSA) is 24.9 Å². The van der Waals surface area contributed by atoms with Crippen LogP contribution in [-0.4, -0.2) is 17.3 Å². The van der Waals surface area contributed by atoms with Crippen LogP contribution >= 0.6 is 23.1 Å². The van der Waals surface area contributed by atoms with Gasteiger partial charge in [-0.15, -0.1) is 11.3 Å². The van der Waals surface area contributed by atoms with Gasteiger partial charge in [-0.25, -0.2) is 4.98 Å². The first-order valence-corrected chi connectivity index (χ1v) is 7.66. The molecule has 2 unspecified atom stereocenters. The van der Waals surface area contributed by atoms with Gasteiger partial charge < -0.3 is 5.32 Å². The summed E-state index contributed by atoms with van der Waals surface area (Å²) in [6, 6.07) is 0.551. The van der Waals surface area contributed by atoms with Gasteiger partial charge in [-0.1, -0.05) is 0 Å². The van der Waals surface area contributed by atoms with E-state index in [-0.39, 0.29) is 0 Å². The Bertz CT molecular complexity index is 295. The first-order valence-electron chi connectivity index (χ1n) is 5.74. The highest BCUT2D eigenvalue weighted by Gasteiger charge is 2.23. The number of hydrogen-bond donors (Lipinski definition) is 1. The Balaban J connectivity index is 1.74. The van der Waals surface area contributed by atoms with E-state index >= 15 is 0 Å². The number of aromatic nitrogens is 1. The first kappa shape index (κ1) is 10.1. The molecule has 15 heavy (non-hydrogen) atoms. The van der Waals surface area contributed by atoms with Crippen LogP contribution in [0, 0.1) is 0 Å². The van der Waals surface area contributed by atoms with E-state index < -0.39 is 0 Å². The summed E-state index contributed by atoms with van der Waals surface area (Å²) in [5.41, 5.74) is 1.34. The van der Waals surface area contributed by atoms with E-state index in [1.807, 2.05) is 11.3 Å². The molecule has 2 nitrogen and oxygen atoms in total. The van der Waals surface area contributed by atoms with Crippen molar-refractivity contribution in [3.8, 4) is 0 Å². The quantitative estimate of drug-likeness (QED) is 0.859. The number of nitrogens with one attached hydrogen (secondary N) is 1. The fraction of sp³-hybridized carbons (Fsp3) is 0.727. The van der Waals surface area contributed by atoms with E-state index in [2.05, 4.69) is 22.5 Å². The average molecular weight is 240 g/mol. The highest BCUT2D eigenvalue weighted by Crippen LogP contribution is 2.40. The fourth-order valence-electron chi connectivity index (χ4n) is 2.31. The SMILES string of the molecule is c1sc(C2CCCN2)nc1C1CCCS1. The molecular formula is C11H16N2S2. The van der Waals surface area contributed by atoms with Gasteiger partial charge in [0.1, 0.15) is 5.01 Å². The third kappa shape index (κ3) is 2.08. The summed E-state index contributed by atoms with van der Waals surface area (Å²) in [7, 11) is 0. The third-order valence-electron chi connectivity index (χ3n) is 3.16. The molecule has 0 aromatic carbocycles. The highest BCUT2D eigenvalue weighted by molar-refractivity contribution is 7.99. The van der Waals surface area contributed by atoms with Crippen molar-refractivity contribution in [1.82, 2.24) is 10.3 Å². The van der Waals surface area contributed by atoms with E-state index in [0.29, 0.717) is 11.3 Å². The predicted octanol–water partition coefficient (Wildman–Crippen LogP) is 3.14. The highest BCUT2D eigenvalue weighted by atomic mass is 32.2. The van der Waals surface area contributed by atoms with E-state index in [4.69, 9.17) is 4.98 Å². The van der Waals surface area contributed by atoms with Crippen LogP contribution in [0.5, 0.6) is 0 Å². The van der Waals surface area contributed by atoms with Gasteiger partial charge in [0.2, 0.25) is 0 Å². The van der Waals surface area contributed by atoms with Gasteiger partial charge in [-0.3, -0.25) is 0 Å². The Morgan fingerprint density at radius 1 is 1.33 bits per heavy atom. The molecule has 0 bridgehead atoms. The molecule has 0 amide bonds. The van der Waals surface area contributed by atoms with E-state index in [1.165, 1.54) is 42.1 Å². The molecular weight excluding hydrogens is 224 g/mol. The number of hydrogen-bond acceptors (Lipinski definition) is 4. The van der Waals surface area contributed by atoms with Crippen molar-refractivity contribution in [3.63, 3.8) is 0 Å². The lowest BCUT2D eigenvalue weighted by atomic mass is 10.2. The molecule has 0 radical (unpaired) electrons. The summed E-state index contributed by atoms with van der Waals surface area (Å²) in [6.07, 6.45) is 5.26. The number of thioether (sulfide) groups is 1. The molecule has 1 aromatic heterocycles. The molecule has 3 rings (SSSR count). The van der Waals surface area contributed by atoms with Gasteiger partial charge in [0, 0.05) is 10.6 Å². The van der Waals surface area contributed by atoms with Crippen molar-refractivity contribution in [2.45, 2.75) is 37.0 Å². The minimum Gasteiger partial charge on any atom is -0.308 e. The molecule has 1 N–H and O–H groups in total. The molecule has 1 aromatic rings. The van der Waals surface area contributed by atoms with Crippen LogP contribution in [0.25, 0.3) is 0 Å². The van der Waals surface area contributed by atoms with E-state index in [0.717, 1.165) is 6.54 Å². The van der Waals surface area contributed by atoms with Gasteiger partial charge in [0.15, 0.2) is 0 Å². The molecule has 0 saturated carbocycles. The monoisotopic (exact) mass is 240 g/mol. The van der Waals surface area contributed by atoms with Gasteiger partial charge >= 0.3 is 0 Å². The summed E-state index contributed by atoms with van der Waals surface area (Å²) in [4.78, 5) is 4.81. The minimum atomic E-state index is 0.551. The number of nitrogens with zero attached hydrogens (tertiary/aromatic N) is 1. The maximum absolute atomic E-state index is 4.81. The van der Waals surface area contributed by atoms with Crippen molar-refractivity contribution < 1.29 is 0 Å². The second-order valence-electron chi connectivity index (χ2n) is 4.26. The smallest absolute Gasteiger partial charge is 0.110 e. The fourth-order valence-corrected chi connectivity index (χ4v) is 4.63. The van der Waals surface area contributed by atoms with Gasteiger partial charge in [0.25, 0.3) is 0 Å². The Morgan fingerprint density at radius 2 is 2.33 bits per heavy atom. The maximum atomic E-state index is 4.81. The maximum Gasteiger partial charge on any atom is 0.110 e. The zero-order valence-electron chi connectivity index (χ0n) is 8.74. The molecule has 2 fully saturated rings. The van der Waals surface area contributed by atoms with Gasteiger partial charge in [-0.05, 0) is 38.0 Å². The van der Waals surface area contributed by atoms with Gasteiger partial charge in [-0.2, -0.15) is 11.8 Å². The lowest BCUT2D eigenvalue weighted by Crippen LogP contribution is -2.12. The largest absolute Gasteiger partial charge is 0.308 e. The molecule has 0 spiro atoms. The molecule has 2 aliphatic heterocycles. The van der Waals surface area contributed by atoms with Crippen molar-refractivity contribution in [2.75, 3.05) is 12.3 Å². The van der Waals surface area contributed by atoms with Crippen molar-refractivity contribution >= 4 is 23.1 Å². The molecule has 2 aliphatic rings. The summed E-state index contributed by atoms with van der Waals surface area (Å²) >= 11 is 3.92. The molecule has 2 saturated heterocycles. The van der Waals surface area contributed by atoms with Gasteiger partial charge in [0.05, 0.1) is 11.7 Å². The lowest BCUT2D eigenvalue weighted by Gasteiger charge is -2.06. The minimum absolute atomic E-state index is 0.551. The Hall–Kier alpha value is -0.0600. The molecule has 82 valence electrons. The molecule has 4 heteroatoms. The standard InChI is InChI=1S/C11H16N2S2/c1-3-8(12-5-1)11-13-9(7-15-11)10-4-2-6-14-10/h7-8,10,12H,1-6H2. The summed E-state index contributed by atoms with van der Waals surface area (Å²) in [6.45, 7) is 1.16. The number of thiazole rings is 1. The summed E-state index contributed by atoms with van der Waals surface area (Å²) in [5, 5.41) is 7.80. The van der Waals surface area contributed by atoms with Crippen LogP contribution in [0.4, 0.5) is 0 Å². The zero-order valence-corrected chi connectivity index (χ0v) is 10.4. The van der Waals surface area contributed by atoms with Crippen molar-refractivity contribution in [1.29, 1.82) is 0 Å². The second-order valence-corrected chi connectivity index (χ2v) is 6.46.